The number of nitrogens with one attached hydrogen (secondary N) is 3. The maximum Gasteiger partial charge on any atom is 0.409 e. The quantitative estimate of drug-likeness (QED) is 0.153. The number of aromatic nitrogens is 3. The SMILES string of the molecule is CN1CCC(c2ccc(NC3CCC(=O)NC3=O)cc2F)CC1.O=C(OCC1CCCCC1)N1CCC(Nc2ncc(F)c(-c3cccc(-n4ccccc4=O)c3)n2)CC1. The van der Waals surface area contributed by atoms with Crippen LogP contribution in [0.3, 0.4) is 0 Å². The molecule has 4 aromatic rings. The molecule has 4 fully saturated rings. The molecule has 1 atom stereocenters. The van der Waals surface area contributed by atoms with Crippen LogP contribution in [-0.4, -0.2) is 94.2 Å². The van der Waals surface area contributed by atoms with E-state index in [-0.39, 0.29) is 46.9 Å². The van der Waals surface area contributed by atoms with Gasteiger partial charge in [0.25, 0.3) is 5.56 Å². The van der Waals surface area contributed by atoms with Crippen molar-refractivity contribution in [3.8, 4) is 16.9 Å². The number of hydrogen-bond donors (Lipinski definition) is 3. The molecular formula is C45H54F2N8O5. The van der Waals surface area contributed by atoms with E-state index >= 15 is 0 Å². The lowest BCUT2D eigenvalue weighted by Crippen LogP contribution is -2.47. The molecule has 5 heterocycles. The van der Waals surface area contributed by atoms with Crippen molar-refractivity contribution in [2.45, 2.75) is 88.6 Å². The summed E-state index contributed by atoms with van der Waals surface area (Å²) < 4.78 is 36.2. The molecule has 0 bridgehead atoms. The summed E-state index contributed by atoms with van der Waals surface area (Å²) in [6.45, 7) is 3.66. The van der Waals surface area contributed by atoms with Crippen molar-refractivity contribution in [3.63, 3.8) is 0 Å². The second-order valence-electron chi connectivity index (χ2n) is 16.3. The molecule has 2 aromatic carbocycles. The number of amides is 3. The Labute approximate surface area is 348 Å². The van der Waals surface area contributed by atoms with Gasteiger partial charge in [-0.1, -0.05) is 43.5 Å². The van der Waals surface area contributed by atoms with E-state index in [0.29, 0.717) is 61.3 Å². The van der Waals surface area contributed by atoms with E-state index in [1.807, 2.05) is 12.1 Å². The largest absolute Gasteiger partial charge is 0.449 e. The van der Waals surface area contributed by atoms with Gasteiger partial charge in [0, 0.05) is 54.8 Å². The molecule has 15 heteroatoms. The first kappa shape index (κ1) is 42.4. The van der Waals surface area contributed by atoms with Crippen molar-refractivity contribution in [1.82, 2.24) is 29.7 Å². The molecular weight excluding hydrogens is 771 g/mol. The normalized spacial score (nSPS) is 19.5. The van der Waals surface area contributed by atoms with Gasteiger partial charge in [-0.25, -0.2) is 23.5 Å². The van der Waals surface area contributed by atoms with Crippen LogP contribution in [-0.2, 0) is 14.3 Å². The second kappa shape index (κ2) is 20.0. The number of benzene rings is 2. The number of anilines is 2. The average molecular weight is 825 g/mol. The van der Waals surface area contributed by atoms with Gasteiger partial charge in [-0.05, 0) is 113 Å². The number of imide groups is 1. The zero-order valence-corrected chi connectivity index (χ0v) is 34.1. The molecule has 4 aliphatic rings. The molecule has 1 saturated carbocycles. The molecule has 1 unspecified atom stereocenters. The molecule has 0 radical (unpaired) electrons. The maximum atomic E-state index is 14.7. The molecule has 60 heavy (non-hydrogen) atoms. The van der Waals surface area contributed by atoms with Gasteiger partial charge in [0.2, 0.25) is 17.8 Å². The smallest absolute Gasteiger partial charge is 0.409 e. The first-order valence-corrected chi connectivity index (χ1v) is 21.2. The summed E-state index contributed by atoms with van der Waals surface area (Å²) in [4.78, 5) is 60.2. The molecule has 3 amide bonds. The Hall–Kier alpha value is -5.70. The van der Waals surface area contributed by atoms with Crippen LogP contribution in [0, 0.1) is 17.6 Å². The lowest BCUT2D eigenvalue weighted by atomic mass is 9.89. The molecule has 318 valence electrons. The van der Waals surface area contributed by atoms with Gasteiger partial charge in [-0.2, -0.15) is 0 Å². The van der Waals surface area contributed by atoms with Crippen LogP contribution in [0.15, 0.2) is 77.9 Å². The fraction of sp³-hybridized carbons (Fsp3) is 0.467. The predicted octanol–water partition coefficient (Wildman–Crippen LogP) is 6.88. The Kier molecular flexibility index (Phi) is 14.2. The molecule has 3 N–H and O–H groups in total. The van der Waals surface area contributed by atoms with Gasteiger partial charge in [-0.3, -0.25) is 24.3 Å². The molecule has 13 nitrogen and oxygen atoms in total. The van der Waals surface area contributed by atoms with Gasteiger partial charge in [0.1, 0.15) is 17.6 Å². The lowest BCUT2D eigenvalue weighted by Gasteiger charge is -2.32. The Morgan fingerprint density at radius 3 is 2.37 bits per heavy atom. The summed E-state index contributed by atoms with van der Waals surface area (Å²) in [6.07, 6.45) is 12.7. The topological polar surface area (TPSA) is 151 Å². The van der Waals surface area contributed by atoms with E-state index in [9.17, 15) is 28.0 Å². The van der Waals surface area contributed by atoms with Crippen LogP contribution in [0.2, 0.25) is 0 Å². The number of carbonyl (C=O) groups excluding carboxylic acids is 3. The summed E-state index contributed by atoms with van der Waals surface area (Å²) in [7, 11) is 2.08. The number of nitrogens with zero attached hydrogens (tertiary/aromatic N) is 5. The Bertz CT molecular complexity index is 2180. The fourth-order valence-electron chi connectivity index (χ4n) is 8.41. The van der Waals surface area contributed by atoms with E-state index < -0.39 is 11.9 Å². The fourth-order valence-corrected chi connectivity index (χ4v) is 8.41. The highest BCUT2D eigenvalue weighted by Crippen LogP contribution is 2.31. The first-order chi connectivity index (χ1) is 29.1. The number of pyridine rings is 1. The minimum absolute atomic E-state index is 0.0648. The van der Waals surface area contributed by atoms with E-state index in [1.165, 1.54) is 36.0 Å². The molecule has 3 saturated heterocycles. The van der Waals surface area contributed by atoms with Crippen molar-refractivity contribution in [1.29, 1.82) is 0 Å². The number of ether oxygens (including phenoxy) is 1. The number of likely N-dealkylation sites (tertiary alicyclic amines) is 2. The molecule has 2 aromatic heterocycles. The van der Waals surface area contributed by atoms with E-state index in [2.05, 4.69) is 37.9 Å². The van der Waals surface area contributed by atoms with E-state index in [1.54, 1.807) is 47.5 Å². The summed E-state index contributed by atoms with van der Waals surface area (Å²) in [6, 6.07) is 16.6. The summed E-state index contributed by atoms with van der Waals surface area (Å²) in [5.41, 5.74) is 2.49. The zero-order chi connectivity index (χ0) is 42.0. The maximum absolute atomic E-state index is 14.7. The third-order valence-electron chi connectivity index (χ3n) is 12.0. The Morgan fingerprint density at radius 1 is 0.850 bits per heavy atom. The molecule has 0 spiro atoms. The second-order valence-corrected chi connectivity index (χ2v) is 16.3. The van der Waals surface area contributed by atoms with Gasteiger partial charge >= 0.3 is 6.09 Å². The minimum atomic E-state index is -0.543. The highest BCUT2D eigenvalue weighted by atomic mass is 19.1. The lowest BCUT2D eigenvalue weighted by molar-refractivity contribution is -0.133. The minimum Gasteiger partial charge on any atom is -0.449 e. The van der Waals surface area contributed by atoms with Crippen molar-refractivity contribution >= 4 is 29.5 Å². The van der Waals surface area contributed by atoms with Crippen LogP contribution >= 0.6 is 0 Å². The van der Waals surface area contributed by atoms with Crippen molar-refractivity contribution in [2.24, 2.45) is 5.92 Å². The van der Waals surface area contributed by atoms with Crippen LogP contribution in [0.25, 0.3) is 16.9 Å². The van der Waals surface area contributed by atoms with Gasteiger partial charge in [0.15, 0.2) is 5.82 Å². The van der Waals surface area contributed by atoms with Crippen LogP contribution in [0.4, 0.5) is 25.2 Å². The highest BCUT2D eigenvalue weighted by Gasteiger charge is 2.28. The average Bonchev–Trinajstić information content (AvgIpc) is 3.26. The summed E-state index contributed by atoms with van der Waals surface area (Å²) in [5, 5.41) is 8.60. The van der Waals surface area contributed by atoms with Crippen molar-refractivity contribution < 1.29 is 27.9 Å². The van der Waals surface area contributed by atoms with Gasteiger partial charge in [-0.15, -0.1) is 0 Å². The predicted molar refractivity (Wildman–Crippen MR) is 225 cm³/mol. The van der Waals surface area contributed by atoms with Crippen molar-refractivity contribution in [3.05, 3.63) is 101 Å². The number of halogens is 2. The third kappa shape index (κ3) is 11.1. The van der Waals surface area contributed by atoms with E-state index in [4.69, 9.17) is 4.74 Å². The molecule has 1 aliphatic carbocycles. The number of rotatable bonds is 9. The van der Waals surface area contributed by atoms with Crippen molar-refractivity contribution in [2.75, 3.05) is 50.5 Å². The first-order valence-electron chi connectivity index (χ1n) is 21.2. The van der Waals surface area contributed by atoms with E-state index in [0.717, 1.165) is 63.4 Å². The molecule has 8 rings (SSSR count). The summed E-state index contributed by atoms with van der Waals surface area (Å²) in [5.74, 6) is -0.280. The third-order valence-corrected chi connectivity index (χ3v) is 12.0. The highest BCUT2D eigenvalue weighted by molar-refractivity contribution is 6.01. The van der Waals surface area contributed by atoms with Gasteiger partial charge in [0.05, 0.1) is 12.8 Å². The number of carbonyl (C=O) groups is 3. The number of piperidine rings is 3. The van der Waals surface area contributed by atoms with Crippen LogP contribution < -0.4 is 21.5 Å². The standard InChI is InChI=1S/C28H32FN5O3.C17H22FN3O2/c29-24-18-30-27(32-26(24)21-9-6-10-23(17-21)34-14-5-4-11-25(34)35)31-22-12-15-33(16-13-22)28(36)37-19-20-7-2-1-3-8-20;1-21-8-6-11(7-9-21)13-3-2-12(10-14(13)18)19-15-4-5-16(22)20-17(15)23/h4-6,9-11,14,17-18,20,22H,1-3,7-8,12-13,15-16,19H2,(H,30,31,32);2-3,10-11,15,19H,4-9H2,1H3,(H,20,22,23). The zero-order valence-electron chi connectivity index (χ0n) is 34.1. The van der Waals surface area contributed by atoms with Gasteiger partial charge < -0.3 is 25.2 Å². The monoisotopic (exact) mass is 824 g/mol. The van der Waals surface area contributed by atoms with Crippen LogP contribution in [0.5, 0.6) is 0 Å². The number of hydrogen-bond acceptors (Lipinski definition) is 10. The van der Waals surface area contributed by atoms with Crippen LogP contribution in [0.1, 0.15) is 82.1 Å². The summed E-state index contributed by atoms with van der Waals surface area (Å²) >= 11 is 0. The Morgan fingerprint density at radius 2 is 1.63 bits per heavy atom. The Balaban J connectivity index is 0.000000203. The molecule has 3 aliphatic heterocycles.